The Hall–Kier alpha value is -3.00. The SMILES string of the molecule is CC(C)c1c(-c2ccccc2)c(-c2ccc(F)cc2)c(CCN(O)CC(O)CC(=O)O)n1C(C)C. The first-order valence-corrected chi connectivity index (χ1v) is 12.0. The van der Waals surface area contributed by atoms with Crippen LogP contribution in [0.5, 0.6) is 0 Å². The highest BCUT2D eigenvalue weighted by Crippen LogP contribution is 2.44. The van der Waals surface area contributed by atoms with Gasteiger partial charge in [0.25, 0.3) is 0 Å². The van der Waals surface area contributed by atoms with E-state index in [-0.39, 0.29) is 30.9 Å². The molecule has 3 rings (SSSR count). The zero-order valence-corrected chi connectivity index (χ0v) is 20.8. The van der Waals surface area contributed by atoms with Crippen LogP contribution in [-0.4, -0.2) is 50.2 Å². The van der Waals surface area contributed by atoms with Crippen molar-refractivity contribution in [3.8, 4) is 22.3 Å². The van der Waals surface area contributed by atoms with Gasteiger partial charge in [-0.15, -0.1) is 0 Å². The van der Waals surface area contributed by atoms with Crippen molar-refractivity contribution < 1.29 is 24.6 Å². The molecule has 188 valence electrons. The summed E-state index contributed by atoms with van der Waals surface area (Å²) in [6, 6.07) is 16.7. The molecule has 0 amide bonds. The maximum Gasteiger partial charge on any atom is 0.306 e. The monoisotopic (exact) mass is 482 g/mol. The van der Waals surface area contributed by atoms with Crippen LogP contribution >= 0.6 is 0 Å². The zero-order chi connectivity index (χ0) is 25.7. The maximum atomic E-state index is 13.8. The number of carboxylic acid groups (broad SMARTS) is 1. The molecule has 7 heteroatoms. The Bertz CT molecular complexity index is 1120. The molecule has 0 spiro atoms. The second-order valence-corrected chi connectivity index (χ2v) is 9.49. The molecule has 0 aliphatic rings. The Morgan fingerprint density at radius 1 is 0.971 bits per heavy atom. The molecule has 6 nitrogen and oxygen atoms in total. The van der Waals surface area contributed by atoms with Gasteiger partial charge in [0.2, 0.25) is 0 Å². The number of rotatable bonds is 11. The van der Waals surface area contributed by atoms with E-state index in [0.717, 1.165) is 38.7 Å². The molecule has 0 aliphatic carbocycles. The summed E-state index contributed by atoms with van der Waals surface area (Å²) in [5, 5.41) is 30.2. The summed E-state index contributed by atoms with van der Waals surface area (Å²) in [6.07, 6.45) is -1.15. The number of aliphatic carboxylic acids is 1. The smallest absolute Gasteiger partial charge is 0.306 e. The van der Waals surface area contributed by atoms with Crippen molar-refractivity contribution in [1.29, 1.82) is 0 Å². The summed E-state index contributed by atoms with van der Waals surface area (Å²) >= 11 is 0. The largest absolute Gasteiger partial charge is 0.481 e. The maximum absolute atomic E-state index is 13.8. The van der Waals surface area contributed by atoms with Crippen molar-refractivity contribution in [2.45, 2.75) is 58.6 Å². The fourth-order valence-electron chi connectivity index (χ4n) is 4.72. The van der Waals surface area contributed by atoms with E-state index < -0.39 is 18.5 Å². The minimum absolute atomic E-state index is 0.129. The molecule has 0 saturated carbocycles. The van der Waals surface area contributed by atoms with Crippen LogP contribution in [0.1, 0.15) is 57.5 Å². The normalized spacial score (nSPS) is 12.6. The Morgan fingerprint density at radius 2 is 1.57 bits per heavy atom. The Balaban J connectivity index is 2.15. The van der Waals surface area contributed by atoms with Crippen LogP contribution in [0.25, 0.3) is 22.3 Å². The third-order valence-corrected chi connectivity index (χ3v) is 6.04. The molecule has 0 aliphatic heterocycles. The van der Waals surface area contributed by atoms with Gasteiger partial charge in [0.15, 0.2) is 0 Å². The Morgan fingerprint density at radius 3 is 2.11 bits per heavy atom. The summed E-state index contributed by atoms with van der Waals surface area (Å²) in [7, 11) is 0. The van der Waals surface area contributed by atoms with E-state index in [2.05, 4.69) is 44.4 Å². The summed E-state index contributed by atoms with van der Waals surface area (Å²) < 4.78 is 16.1. The second-order valence-electron chi connectivity index (χ2n) is 9.49. The highest BCUT2D eigenvalue weighted by molar-refractivity contribution is 5.88. The number of halogens is 1. The summed E-state index contributed by atoms with van der Waals surface area (Å²) in [5.74, 6) is -1.23. The number of aromatic nitrogens is 1. The fraction of sp³-hybridized carbons (Fsp3) is 0.393. The topological polar surface area (TPSA) is 85.9 Å². The molecule has 1 heterocycles. The zero-order valence-electron chi connectivity index (χ0n) is 20.8. The molecule has 0 bridgehead atoms. The molecule has 1 aromatic heterocycles. The van der Waals surface area contributed by atoms with Crippen molar-refractivity contribution in [2.75, 3.05) is 13.1 Å². The Kier molecular flexibility index (Phi) is 8.83. The van der Waals surface area contributed by atoms with E-state index in [1.165, 1.54) is 12.1 Å². The van der Waals surface area contributed by atoms with Crippen LogP contribution in [0.2, 0.25) is 0 Å². The van der Waals surface area contributed by atoms with Crippen LogP contribution in [0.3, 0.4) is 0 Å². The van der Waals surface area contributed by atoms with E-state index in [1.54, 1.807) is 12.1 Å². The number of benzene rings is 2. The van der Waals surface area contributed by atoms with Gasteiger partial charge in [-0.25, -0.2) is 4.39 Å². The lowest BCUT2D eigenvalue weighted by Gasteiger charge is -2.22. The standard InChI is InChI=1S/C28H35FN2O4/c1-18(2)28-27(20-8-6-5-7-9-20)26(21-10-12-22(29)13-11-21)24(31(28)19(3)4)14-15-30(35)17-23(32)16-25(33)34/h5-13,18-19,23,32,35H,14-17H2,1-4H3,(H,33,34). The van der Waals surface area contributed by atoms with E-state index in [9.17, 15) is 19.5 Å². The lowest BCUT2D eigenvalue weighted by atomic mass is 9.91. The molecule has 3 N–H and O–H groups in total. The Labute approximate surface area is 206 Å². The van der Waals surface area contributed by atoms with Crippen LogP contribution < -0.4 is 0 Å². The first-order valence-electron chi connectivity index (χ1n) is 12.0. The number of nitrogens with zero attached hydrogens (tertiary/aromatic N) is 2. The van der Waals surface area contributed by atoms with E-state index in [4.69, 9.17) is 5.11 Å². The molecule has 35 heavy (non-hydrogen) atoms. The summed E-state index contributed by atoms with van der Waals surface area (Å²) in [4.78, 5) is 10.9. The third kappa shape index (κ3) is 6.36. The van der Waals surface area contributed by atoms with Gasteiger partial charge in [0.05, 0.1) is 19.1 Å². The number of aliphatic hydroxyl groups excluding tert-OH is 1. The minimum Gasteiger partial charge on any atom is -0.481 e. The van der Waals surface area contributed by atoms with Crippen LogP contribution in [0.15, 0.2) is 54.6 Å². The lowest BCUT2D eigenvalue weighted by molar-refractivity contribution is -0.143. The van der Waals surface area contributed by atoms with Gasteiger partial charge >= 0.3 is 5.97 Å². The first-order chi connectivity index (χ1) is 16.6. The second kappa shape index (κ2) is 11.6. The van der Waals surface area contributed by atoms with E-state index in [1.807, 2.05) is 18.2 Å². The van der Waals surface area contributed by atoms with Crippen LogP contribution in [0, 0.1) is 5.82 Å². The number of hydrogen-bond acceptors (Lipinski definition) is 4. The van der Waals surface area contributed by atoms with Gasteiger partial charge in [-0.1, -0.05) is 56.3 Å². The van der Waals surface area contributed by atoms with Crippen molar-refractivity contribution in [3.05, 3.63) is 71.8 Å². The first kappa shape index (κ1) is 26.6. The van der Waals surface area contributed by atoms with Crippen LogP contribution in [-0.2, 0) is 11.2 Å². The molecule has 0 fully saturated rings. The molecule has 1 atom stereocenters. The van der Waals surface area contributed by atoms with E-state index >= 15 is 0 Å². The molecular weight excluding hydrogens is 447 g/mol. The van der Waals surface area contributed by atoms with E-state index in [0.29, 0.717) is 6.42 Å². The predicted octanol–water partition coefficient (Wildman–Crippen LogP) is 5.73. The number of aliphatic hydroxyl groups is 1. The minimum atomic E-state index is -1.17. The molecule has 3 aromatic rings. The molecular formula is C28H35FN2O4. The third-order valence-electron chi connectivity index (χ3n) is 6.04. The number of hydroxylamine groups is 2. The van der Waals surface area contributed by atoms with Crippen molar-refractivity contribution >= 4 is 5.97 Å². The summed E-state index contributed by atoms with van der Waals surface area (Å²) in [6.45, 7) is 8.58. The van der Waals surface area contributed by atoms with Crippen LogP contribution in [0.4, 0.5) is 4.39 Å². The van der Waals surface area contributed by atoms with Gasteiger partial charge in [-0.3, -0.25) is 4.79 Å². The molecule has 0 saturated heterocycles. The highest BCUT2D eigenvalue weighted by atomic mass is 19.1. The van der Waals surface area contributed by atoms with Crippen molar-refractivity contribution in [1.82, 2.24) is 9.63 Å². The van der Waals surface area contributed by atoms with Gasteiger partial charge in [0, 0.05) is 41.5 Å². The van der Waals surface area contributed by atoms with Gasteiger partial charge in [-0.05, 0) is 43.0 Å². The lowest BCUT2D eigenvalue weighted by Crippen LogP contribution is -2.33. The quantitative estimate of drug-likeness (QED) is 0.304. The van der Waals surface area contributed by atoms with Gasteiger partial charge < -0.3 is 20.0 Å². The number of carbonyl (C=O) groups is 1. The molecule has 1 unspecified atom stereocenters. The van der Waals surface area contributed by atoms with Gasteiger partial charge in [-0.2, -0.15) is 5.06 Å². The molecule has 0 radical (unpaired) electrons. The molecule has 2 aromatic carbocycles. The average molecular weight is 483 g/mol. The van der Waals surface area contributed by atoms with Gasteiger partial charge in [0.1, 0.15) is 5.82 Å². The van der Waals surface area contributed by atoms with Crippen molar-refractivity contribution in [3.63, 3.8) is 0 Å². The van der Waals surface area contributed by atoms with Crippen molar-refractivity contribution in [2.24, 2.45) is 0 Å². The summed E-state index contributed by atoms with van der Waals surface area (Å²) in [5.41, 5.74) is 6.20. The predicted molar refractivity (Wildman–Crippen MR) is 135 cm³/mol. The number of carboxylic acids is 1. The fourth-order valence-corrected chi connectivity index (χ4v) is 4.72. The highest BCUT2D eigenvalue weighted by Gasteiger charge is 2.28. The average Bonchev–Trinajstić information content (AvgIpc) is 3.14. The number of hydrogen-bond donors (Lipinski definition) is 3.